The van der Waals surface area contributed by atoms with Crippen molar-refractivity contribution in [3.8, 4) is 0 Å². The van der Waals surface area contributed by atoms with Crippen molar-refractivity contribution in [3.63, 3.8) is 0 Å². The van der Waals surface area contributed by atoms with Crippen LogP contribution in [0.1, 0.15) is 64.7 Å². The summed E-state index contributed by atoms with van der Waals surface area (Å²) < 4.78 is 0. The van der Waals surface area contributed by atoms with Crippen molar-refractivity contribution in [2.24, 2.45) is 5.41 Å². The zero-order chi connectivity index (χ0) is 13.0. The monoisotopic (exact) mass is 271 g/mol. The van der Waals surface area contributed by atoms with Crippen molar-refractivity contribution in [2.75, 3.05) is 12.4 Å². The van der Waals surface area contributed by atoms with Gasteiger partial charge in [0.1, 0.15) is 0 Å². The molecule has 104 valence electrons. The van der Waals surface area contributed by atoms with Gasteiger partial charge in [-0.05, 0) is 38.5 Å². The molecule has 1 aliphatic carbocycles. The fourth-order valence-electron chi connectivity index (χ4n) is 3.59. The molecule has 0 bridgehead atoms. The molecule has 1 atom stereocenters. The van der Waals surface area contributed by atoms with E-state index in [0.717, 1.165) is 32.2 Å². The number of carbonyl (C=O) groups is 1. The molecule has 1 aliphatic heterocycles. The Bertz CT molecular complexity index is 284. The summed E-state index contributed by atoms with van der Waals surface area (Å²) in [6.07, 6.45) is 10.4. The lowest BCUT2D eigenvalue weighted by Crippen LogP contribution is -2.50. The van der Waals surface area contributed by atoms with Gasteiger partial charge in [-0.2, -0.15) is 0 Å². The second-order valence-corrected chi connectivity index (χ2v) is 6.63. The summed E-state index contributed by atoms with van der Waals surface area (Å²) in [6.45, 7) is 3.14. The minimum absolute atomic E-state index is 0.0832. The van der Waals surface area contributed by atoms with Gasteiger partial charge in [0.25, 0.3) is 0 Å². The second kappa shape index (κ2) is 6.27. The van der Waals surface area contributed by atoms with Crippen molar-refractivity contribution in [3.05, 3.63) is 0 Å². The molecular weight excluding hydrogens is 246 g/mol. The smallest absolute Gasteiger partial charge is 0.228 e. The first-order valence-corrected chi connectivity index (χ1v) is 8.08. The van der Waals surface area contributed by atoms with Crippen LogP contribution in [0, 0.1) is 5.41 Å². The molecule has 0 radical (unpaired) electrons. The van der Waals surface area contributed by atoms with E-state index >= 15 is 0 Å². The van der Waals surface area contributed by atoms with E-state index < -0.39 is 0 Å². The zero-order valence-electron chi connectivity index (χ0n) is 11.6. The van der Waals surface area contributed by atoms with Gasteiger partial charge in [0.05, 0.1) is 0 Å². The summed E-state index contributed by atoms with van der Waals surface area (Å²) in [7, 11) is 0. The Kier molecular flexibility index (Phi) is 4.94. The molecule has 2 rings (SSSR count). The lowest BCUT2D eigenvalue weighted by atomic mass is 9.74. The van der Waals surface area contributed by atoms with Crippen molar-refractivity contribution in [1.82, 2.24) is 4.90 Å². The lowest BCUT2D eigenvalue weighted by Gasteiger charge is -2.43. The van der Waals surface area contributed by atoms with Gasteiger partial charge >= 0.3 is 0 Å². The molecule has 1 heterocycles. The Morgan fingerprint density at radius 2 is 1.94 bits per heavy atom. The van der Waals surface area contributed by atoms with E-state index in [4.69, 9.17) is 11.6 Å². The summed E-state index contributed by atoms with van der Waals surface area (Å²) in [6, 6.07) is 0.405. The van der Waals surface area contributed by atoms with Gasteiger partial charge < -0.3 is 4.90 Å². The molecule has 0 aromatic carbocycles. The first-order valence-electron chi connectivity index (χ1n) is 7.54. The number of piperidine rings is 1. The predicted molar refractivity (Wildman–Crippen MR) is 75.9 cm³/mol. The van der Waals surface area contributed by atoms with Crippen LogP contribution in [0.2, 0.25) is 0 Å². The normalized spacial score (nSPS) is 28.1. The molecule has 0 spiro atoms. The average Bonchev–Trinajstić information content (AvgIpc) is 2.40. The number of hydrogen-bond acceptors (Lipinski definition) is 1. The van der Waals surface area contributed by atoms with Crippen LogP contribution in [-0.2, 0) is 4.79 Å². The van der Waals surface area contributed by atoms with Crippen molar-refractivity contribution >= 4 is 17.5 Å². The summed E-state index contributed by atoms with van der Waals surface area (Å²) in [5.74, 6) is 1.09. The van der Waals surface area contributed by atoms with Crippen LogP contribution in [0.25, 0.3) is 0 Å². The molecule has 2 fully saturated rings. The van der Waals surface area contributed by atoms with E-state index in [-0.39, 0.29) is 5.41 Å². The number of halogens is 1. The van der Waals surface area contributed by atoms with E-state index in [1.165, 1.54) is 32.1 Å². The molecule has 1 unspecified atom stereocenters. The van der Waals surface area contributed by atoms with Crippen LogP contribution in [0.4, 0.5) is 0 Å². The van der Waals surface area contributed by atoms with Crippen LogP contribution < -0.4 is 0 Å². The lowest BCUT2D eigenvalue weighted by molar-refractivity contribution is -0.147. The summed E-state index contributed by atoms with van der Waals surface area (Å²) in [4.78, 5) is 15.0. The van der Waals surface area contributed by atoms with Crippen LogP contribution in [0.15, 0.2) is 0 Å². The van der Waals surface area contributed by atoms with Crippen molar-refractivity contribution in [1.29, 1.82) is 0 Å². The number of hydrogen-bond donors (Lipinski definition) is 0. The Balaban J connectivity index is 2.05. The predicted octanol–water partition coefficient (Wildman–Crippen LogP) is 3.97. The van der Waals surface area contributed by atoms with E-state index in [9.17, 15) is 4.79 Å². The number of carbonyl (C=O) groups excluding carboxylic acids is 1. The Hall–Kier alpha value is -0.240. The third-order valence-corrected chi connectivity index (χ3v) is 5.02. The molecular formula is C15H26ClNO. The van der Waals surface area contributed by atoms with Gasteiger partial charge in [-0.15, -0.1) is 11.6 Å². The van der Waals surface area contributed by atoms with Gasteiger partial charge in [-0.25, -0.2) is 0 Å². The van der Waals surface area contributed by atoms with Crippen LogP contribution in [0.3, 0.4) is 0 Å². The summed E-state index contributed by atoms with van der Waals surface area (Å²) in [5, 5.41) is 0. The van der Waals surface area contributed by atoms with Gasteiger partial charge in [0, 0.05) is 23.9 Å². The fraction of sp³-hybridized carbons (Fsp3) is 0.933. The molecule has 0 aromatic rings. The quantitative estimate of drug-likeness (QED) is 0.712. The third kappa shape index (κ3) is 3.01. The number of amides is 1. The maximum atomic E-state index is 12.8. The maximum absolute atomic E-state index is 12.8. The van der Waals surface area contributed by atoms with Crippen LogP contribution in [0.5, 0.6) is 0 Å². The standard InChI is InChI=1S/C15H26ClNO/c1-15(9-4-2-5-10-15)14(18)17-12-6-3-7-13(17)8-11-16/h13H,2-12H2,1H3. The molecule has 1 amide bonds. The van der Waals surface area contributed by atoms with Crippen molar-refractivity contribution in [2.45, 2.75) is 70.8 Å². The molecule has 18 heavy (non-hydrogen) atoms. The molecule has 0 aromatic heterocycles. The molecule has 0 N–H and O–H groups in total. The van der Waals surface area contributed by atoms with Crippen molar-refractivity contribution < 1.29 is 4.79 Å². The van der Waals surface area contributed by atoms with Gasteiger partial charge in [0.15, 0.2) is 0 Å². The molecule has 1 saturated heterocycles. The van der Waals surface area contributed by atoms with Gasteiger partial charge in [-0.1, -0.05) is 26.2 Å². The second-order valence-electron chi connectivity index (χ2n) is 6.25. The van der Waals surface area contributed by atoms with Crippen LogP contribution >= 0.6 is 11.6 Å². The third-order valence-electron chi connectivity index (χ3n) is 4.80. The highest BCUT2D eigenvalue weighted by molar-refractivity contribution is 6.17. The zero-order valence-corrected chi connectivity index (χ0v) is 12.3. The average molecular weight is 272 g/mol. The Labute approximate surface area is 116 Å². The van der Waals surface area contributed by atoms with Gasteiger partial charge in [0.2, 0.25) is 5.91 Å². The summed E-state index contributed by atoms with van der Waals surface area (Å²) >= 11 is 5.89. The van der Waals surface area contributed by atoms with E-state index in [0.29, 0.717) is 17.8 Å². The van der Waals surface area contributed by atoms with E-state index in [1.54, 1.807) is 0 Å². The summed E-state index contributed by atoms with van der Waals surface area (Å²) in [5.41, 5.74) is -0.0832. The number of alkyl halides is 1. The largest absolute Gasteiger partial charge is 0.339 e. The molecule has 2 nitrogen and oxygen atoms in total. The maximum Gasteiger partial charge on any atom is 0.228 e. The number of nitrogens with zero attached hydrogens (tertiary/aromatic N) is 1. The minimum Gasteiger partial charge on any atom is -0.339 e. The highest BCUT2D eigenvalue weighted by Gasteiger charge is 2.40. The SMILES string of the molecule is CC1(C(=O)N2CCCCC2CCCl)CCCCC1. The van der Waals surface area contributed by atoms with E-state index in [2.05, 4.69) is 11.8 Å². The number of rotatable bonds is 3. The highest BCUT2D eigenvalue weighted by atomic mass is 35.5. The first kappa shape index (κ1) is 14.2. The number of likely N-dealkylation sites (tertiary alicyclic amines) is 1. The Morgan fingerprint density at radius 3 is 2.61 bits per heavy atom. The first-order chi connectivity index (χ1) is 8.67. The minimum atomic E-state index is -0.0832. The van der Waals surface area contributed by atoms with E-state index in [1.807, 2.05) is 0 Å². The molecule has 2 aliphatic rings. The molecule has 3 heteroatoms. The fourth-order valence-corrected chi connectivity index (χ4v) is 3.84. The Morgan fingerprint density at radius 1 is 1.22 bits per heavy atom. The van der Waals surface area contributed by atoms with Crippen LogP contribution in [-0.4, -0.2) is 29.3 Å². The molecule has 1 saturated carbocycles. The highest BCUT2D eigenvalue weighted by Crippen LogP contribution is 2.39. The van der Waals surface area contributed by atoms with Gasteiger partial charge in [-0.3, -0.25) is 4.79 Å². The topological polar surface area (TPSA) is 20.3 Å².